The molecule has 6 nitrogen and oxygen atoms in total. The van der Waals surface area contributed by atoms with Crippen molar-refractivity contribution in [1.29, 1.82) is 0 Å². The van der Waals surface area contributed by atoms with Gasteiger partial charge in [0.25, 0.3) is 5.91 Å². The third-order valence-corrected chi connectivity index (χ3v) is 6.19. The number of benzene rings is 2. The average Bonchev–Trinajstić information content (AvgIpc) is 3.21. The molecule has 1 aliphatic rings. The third kappa shape index (κ3) is 3.33. The Hall–Kier alpha value is -2.93. The highest BCUT2D eigenvalue weighted by Crippen LogP contribution is 2.32. The Kier molecular flexibility index (Phi) is 4.77. The van der Waals surface area contributed by atoms with Gasteiger partial charge in [-0.05, 0) is 61.4 Å². The van der Waals surface area contributed by atoms with Crippen LogP contribution in [0, 0.1) is 13.8 Å². The van der Waals surface area contributed by atoms with Gasteiger partial charge in [0.1, 0.15) is 11.6 Å². The predicted molar refractivity (Wildman–Crippen MR) is 110 cm³/mol. The zero-order chi connectivity index (χ0) is 19.8. The van der Waals surface area contributed by atoms with E-state index >= 15 is 0 Å². The molecule has 0 aliphatic carbocycles. The number of carbonyl (C=O) groups is 1. The molecule has 1 amide bonds. The summed E-state index contributed by atoms with van der Waals surface area (Å²) < 4.78 is 18.9. The molecule has 0 fully saturated rings. The number of nitrogens with zero attached hydrogens (tertiary/aromatic N) is 2. The molecule has 28 heavy (non-hydrogen) atoms. The summed E-state index contributed by atoms with van der Waals surface area (Å²) in [5, 5.41) is 7.61. The molecule has 0 spiro atoms. The van der Waals surface area contributed by atoms with Crippen LogP contribution >= 0.6 is 0 Å². The minimum absolute atomic E-state index is 0.210. The Bertz CT molecular complexity index is 1090. The predicted octanol–water partition coefficient (Wildman–Crippen LogP) is 3.51. The summed E-state index contributed by atoms with van der Waals surface area (Å²) in [5.41, 5.74) is 5.18. The van der Waals surface area contributed by atoms with Crippen LogP contribution in [0.1, 0.15) is 32.7 Å². The Labute approximate surface area is 166 Å². The summed E-state index contributed by atoms with van der Waals surface area (Å²) in [6, 6.07) is 13.1. The van der Waals surface area contributed by atoms with Crippen molar-refractivity contribution in [2.45, 2.75) is 25.4 Å². The second kappa shape index (κ2) is 7.24. The van der Waals surface area contributed by atoms with Crippen LogP contribution in [-0.2, 0) is 22.3 Å². The molecule has 0 unspecified atom stereocenters. The molecular formula is C21H21N3O3S. The quantitative estimate of drug-likeness (QED) is 0.734. The Balaban J connectivity index is 1.73. The number of ether oxygens (including phenoxy) is 1. The van der Waals surface area contributed by atoms with Crippen molar-refractivity contribution in [1.82, 2.24) is 9.78 Å². The van der Waals surface area contributed by atoms with Crippen LogP contribution in [0.5, 0.6) is 5.75 Å². The van der Waals surface area contributed by atoms with Gasteiger partial charge in [-0.3, -0.25) is 9.00 Å². The lowest BCUT2D eigenvalue weighted by Crippen LogP contribution is -2.16. The molecular weight excluding hydrogens is 374 g/mol. The van der Waals surface area contributed by atoms with E-state index in [0.29, 0.717) is 22.9 Å². The summed E-state index contributed by atoms with van der Waals surface area (Å²) >= 11 is 0. The normalized spacial score (nSPS) is 15.3. The van der Waals surface area contributed by atoms with E-state index < -0.39 is 10.8 Å². The minimum Gasteiger partial charge on any atom is -0.497 e. The molecule has 4 rings (SSSR count). The van der Waals surface area contributed by atoms with Crippen molar-refractivity contribution in [3.8, 4) is 11.4 Å². The highest BCUT2D eigenvalue weighted by atomic mass is 32.2. The van der Waals surface area contributed by atoms with E-state index in [0.717, 1.165) is 33.8 Å². The van der Waals surface area contributed by atoms with Crippen LogP contribution in [0.15, 0.2) is 42.5 Å². The second-order valence-electron chi connectivity index (χ2n) is 6.87. The maximum absolute atomic E-state index is 12.9. The van der Waals surface area contributed by atoms with Crippen molar-refractivity contribution < 1.29 is 13.7 Å². The molecule has 1 aliphatic heterocycles. The van der Waals surface area contributed by atoms with Crippen molar-refractivity contribution in [3.63, 3.8) is 0 Å². The lowest BCUT2D eigenvalue weighted by molar-refractivity contribution is 0.102. The Morgan fingerprint density at radius 1 is 1.11 bits per heavy atom. The Morgan fingerprint density at radius 2 is 1.86 bits per heavy atom. The van der Waals surface area contributed by atoms with E-state index in [1.165, 1.54) is 0 Å². The monoisotopic (exact) mass is 395 g/mol. The molecule has 0 radical (unpaired) electrons. The maximum Gasteiger partial charge on any atom is 0.256 e. The van der Waals surface area contributed by atoms with Gasteiger partial charge in [0.2, 0.25) is 0 Å². The van der Waals surface area contributed by atoms with Crippen LogP contribution in [0.4, 0.5) is 5.82 Å². The van der Waals surface area contributed by atoms with Crippen LogP contribution < -0.4 is 10.1 Å². The van der Waals surface area contributed by atoms with Gasteiger partial charge in [0, 0.05) is 21.9 Å². The number of anilines is 1. The van der Waals surface area contributed by atoms with Crippen LogP contribution in [0.25, 0.3) is 5.69 Å². The zero-order valence-corrected chi connectivity index (χ0v) is 16.8. The van der Waals surface area contributed by atoms with Crippen molar-refractivity contribution in [3.05, 3.63) is 70.4 Å². The van der Waals surface area contributed by atoms with E-state index in [1.54, 1.807) is 11.8 Å². The summed E-state index contributed by atoms with van der Waals surface area (Å²) in [6.45, 7) is 3.99. The topological polar surface area (TPSA) is 73.2 Å². The first-order valence-corrected chi connectivity index (χ1v) is 10.4. The number of methoxy groups -OCH3 is 1. The van der Waals surface area contributed by atoms with E-state index in [-0.39, 0.29) is 5.91 Å². The van der Waals surface area contributed by atoms with E-state index in [1.807, 2.05) is 56.3 Å². The zero-order valence-electron chi connectivity index (χ0n) is 16.0. The number of fused-ring (bicyclic) bond motifs is 1. The standard InChI is InChI=1S/C21H21N3O3S/c1-13-4-5-15(10-14(13)2)21(25)22-20-18-11-28(26)12-19(18)23-24(20)16-6-8-17(27-3)9-7-16/h4-10H,11-12H2,1-3H3,(H,22,25)/t28-/m1/s1. The minimum atomic E-state index is -0.981. The van der Waals surface area contributed by atoms with Crippen molar-refractivity contribution in [2.75, 3.05) is 12.4 Å². The molecule has 1 atom stereocenters. The van der Waals surface area contributed by atoms with E-state index in [4.69, 9.17) is 4.74 Å². The number of hydrogen-bond acceptors (Lipinski definition) is 4. The smallest absolute Gasteiger partial charge is 0.256 e. The van der Waals surface area contributed by atoms with Gasteiger partial charge in [-0.2, -0.15) is 5.10 Å². The maximum atomic E-state index is 12.9. The number of carbonyl (C=O) groups excluding carboxylic acids is 1. The van der Waals surface area contributed by atoms with Crippen LogP contribution in [0.2, 0.25) is 0 Å². The fraction of sp³-hybridized carbons (Fsp3) is 0.238. The first-order chi connectivity index (χ1) is 13.5. The van der Waals surface area contributed by atoms with Crippen LogP contribution in [-0.4, -0.2) is 27.0 Å². The lowest BCUT2D eigenvalue weighted by Gasteiger charge is -2.12. The van der Waals surface area contributed by atoms with Crippen LogP contribution in [0.3, 0.4) is 0 Å². The SMILES string of the molecule is COc1ccc(-n2nc3c(c2NC(=O)c2ccc(C)c(C)c2)C[S@@](=O)C3)cc1. The number of aromatic nitrogens is 2. The highest BCUT2D eigenvalue weighted by molar-refractivity contribution is 7.83. The molecule has 2 aromatic carbocycles. The number of hydrogen-bond donors (Lipinski definition) is 1. The second-order valence-corrected chi connectivity index (χ2v) is 8.32. The van der Waals surface area contributed by atoms with Gasteiger partial charge < -0.3 is 10.1 Å². The molecule has 2 heterocycles. The number of amides is 1. The fourth-order valence-electron chi connectivity index (χ4n) is 3.23. The van der Waals surface area contributed by atoms with Crippen molar-refractivity contribution >= 4 is 22.5 Å². The van der Waals surface area contributed by atoms with Gasteiger partial charge in [0.05, 0.1) is 30.0 Å². The first kappa shape index (κ1) is 18.4. The first-order valence-electron chi connectivity index (χ1n) is 8.95. The largest absolute Gasteiger partial charge is 0.497 e. The van der Waals surface area contributed by atoms with E-state index in [9.17, 15) is 9.00 Å². The number of rotatable bonds is 4. The molecule has 0 saturated heterocycles. The fourth-order valence-corrected chi connectivity index (χ4v) is 4.49. The van der Waals surface area contributed by atoms with Crippen molar-refractivity contribution in [2.24, 2.45) is 0 Å². The summed E-state index contributed by atoms with van der Waals surface area (Å²) in [5.74, 6) is 1.91. The third-order valence-electron chi connectivity index (χ3n) is 4.99. The molecule has 144 valence electrons. The average molecular weight is 395 g/mol. The summed E-state index contributed by atoms with van der Waals surface area (Å²) in [7, 11) is 0.632. The summed E-state index contributed by atoms with van der Waals surface area (Å²) in [6.07, 6.45) is 0. The molecule has 0 bridgehead atoms. The van der Waals surface area contributed by atoms with Gasteiger partial charge in [-0.15, -0.1) is 0 Å². The lowest BCUT2D eigenvalue weighted by atomic mass is 10.1. The van der Waals surface area contributed by atoms with Gasteiger partial charge >= 0.3 is 0 Å². The Morgan fingerprint density at radius 3 is 2.54 bits per heavy atom. The highest BCUT2D eigenvalue weighted by Gasteiger charge is 2.28. The van der Waals surface area contributed by atoms with Gasteiger partial charge in [0.15, 0.2) is 0 Å². The number of aryl methyl sites for hydroxylation is 2. The number of nitrogens with one attached hydrogen (secondary N) is 1. The molecule has 7 heteroatoms. The van der Waals surface area contributed by atoms with E-state index in [2.05, 4.69) is 10.4 Å². The van der Waals surface area contributed by atoms with Gasteiger partial charge in [-0.25, -0.2) is 4.68 Å². The van der Waals surface area contributed by atoms with Gasteiger partial charge in [-0.1, -0.05) is 6.07 Å². The molecule has 0 saturated carbocycles. The molecule has 1 N–H and O–H groups in total. The molecule has 3 aromatic rings. The molecule has 1 aromatic heterocycles. The summed E-state index contributed by atoms with van der Waals surface area (Å²) in [4.78, 5) is 12.9.